The van der Waals surface area contributed by atoms with Crippen molar-refractivity contribution < 1.29 is 0 Å². The van der Waals surface area contributed by atoms with E-state index < -0.39 is 0 Å². The molecule has 0 saturated carbocycles. The number of hydrogen-bond acceptors (Lipinski definition) is 2. The highest BCUT2D eigenvalue weighted by Crippen LogP contribution is 2.28. The van der Waals surface area contributed by atoms with Crippen molar-refractivity contribution in [3.63, 3.8) is 0 Å². The lowest BCUT2D eigenvalue weighted by molar-refractivity contribution is 0.290. The number of hydrogen-bond donors (Lipinski definition) is 1. The molecule has 1 aromatic carbocycles. The second kappa shape index (κ2) is 5.82. The molecule has 2 aliphatic heterocycles. The zero-order chi connectivity index (χ0) is 13.2. The van der Waals surface area contributed by atoms with Gasteiger partial charge in [-0.1, -0.05) is 23.7 Å². The maximum Gasteiger partial charge on any atom is 0.0408 e. The van der Waals surface area contributed by atoms with Crippen LogP contribution >= 0.6 is 11.6 Å². The highest BCUT2D eigenvalue weighted by molar-refractivity contribution is 6.30. The maximum atomic E-state index is 6.04. The van der Waals surface area contributed by atoms with Gasteiger partial charge in [-0.25, -0.2) is 0 Å². The third-order valence-electron chi connectivity index (χ3n) is 4.54. The molecular weight excluding hydrogens is 256 g/mol. The quantitative estimate of drug-likeness (QED) is 0.910. The van der Waals surface area contributed by atoms with Gasteiger partial charge < -0.3 is 5.32 Å². The molecule has 0 aliphatic carbocycles. The van der Waals surface area contributed by atoms with Crippen molar-refractivity contribution in [3.05, 3.63) is 34.9 Å². The summed E-state index contributed by atoms with van der Waals surface area (Å²) in [6, 6.07) is 10.2. The summed E-state index contributed by atoms with van der Waals surface area (Å²) >= 11 is 6.04. The van der Waals surface area contributed by atoms with E-state index in [9.17, 15) is 0 Å². The van der Waals surface area contributed by atoms with E-state index in [0.717, 1.165) is 17.5 Å². The minimum absolute atomic E-state index is 0.518. The van der Waals surface area contributed by atoms with E-state index in [1.165, 1.54) is 37.9 Å². The van der Waals surface area contributed by atoms with Gasteiger partial charge in [-0.05, 0) is 56.8 Å². The van der Waals surface area contributed by atoms with Crippen LogP contribution in [-0.2, 0) is 6.42 Å². The zero-order valence-corrected chi connectivity index (χ0v) is 12.4. The molecule has 0 amide bonds. The average molecular weight is 279 g/mol. The van der Waals surface area contributed by atoms with Crippen LogP contribution < -0.4 is 5.32 Å². The first-order chi connectivity index (χ1) is 9.22. The van der Waals surface area contributed by atoms with Crippen LogP contribution in [0.15, 0.2) is 24.3 Å². The lowest BCUT2D eigenvalue weighted by atomic mass is 10.0. The molecule has 19 heavy (non-hydrogen) atoms. The lowest BCUT2D eigenvalue weighted by Gasteiger charge is -2.25. The second-order valence-electron chi connectivity index (χ2n) is 6.04. The van der Waals surface area contributed by atoms with E-state index in [2.05, 4.69) is 29.3 Å². The van der Waals surface area contributed by atoms with Crippen molar-refractivity contribution in [1.82, 2.24) is 10.2 Å². The van der Waals surface area contributed by atoms with Crippen LogP contribution in [0.25, 0.3) is 0 Å². The van der Waals surface area contributed by atoms with Crippen LogP contribution in [0.1, 0.15) is 31.7 Å². The van der Waals surface area contributed by atoms with Gasteiger partial charge in [0.15, 0.2) is 0 Å². The van der Waals surface area contributed by atoms with Gasteiger partial charge in [-0.15, -0.1) is 0 Å². The summed E-state index contributed by atoms with van der Waals surface area (Å²) in [5.74, 6) is 0. The zero-order valence-electron chi connectivity index (χ0n) is 11.6. The van der Waals surface area contributed by atoms with Gasteiger partial charge in [0.2, 0.25) is 0 Å². The van der Waals surface area contributed by atoms with E-state index in [1.807, 2.05) is 12.1 Å². The second-order valence-corrected chi connectivity index (χ2v) is 6.48. The Hall–Kier alpha value is -0.570. The fraction of sp³-hybridized carbons (Fsp3) is 0.625. The molecular formula is C16H23ClN2. The Morgan fingerprint density at radius 2 is 2.26 bits per heavy atom. The molecule has 0 radical (unpaired) electrons. The highest BCUT2D eigenvalue weighted by Gasteiger charge is 2.37. The third kappa shape index (κ3) is 3.13. The average Bonchev–Trinajstić information content (AvgIpc) is 2.94. The molecule has 2 nitrogen and oxygen atoms in total. The largest absolute Gasteiger partial charge is 0.310 e. The van der Waals surface area contributed by atoms with Crippen LogP contribution in [0.5, 0.6) is 0 Å². The number of rotatable bonds is 4. The van der Waals surface area contributed by atoms with E-state index >= 15 is 0 Å². The first-order valence-corrected chi connectivity index (χ1v) is 7.85. The fourth-order valence-corrected chi connectivity index (χ4v) is 3.93. The monoisotopic (exact) mass is 278 g/mol. The van der Waals surface area contributed by atoms with Crippen LogP contribution in [-0.4, -0.2) is 36.1 Å². The summed E-state index contributed by atoms with van der Waals surface area (Å²) in [6.07, 6.45) is 5.13. The summed E-state index contributed by atoms with van der Waals surface area (Å²) in [5, 5.41) is 4.67. The normalized spacial score (nSPS) is 28.5. The molecule has 104 valence electrons. The predicted molar refractivity (Wildman–Crippen MR) is 80.8 cm³/mol. The topological polar surface area (TPSA) is 15.3 Å². The summed E-state index contributed by atoms with van der Waals surface area (Å²) in [6.45, 7) is 4.89. The molecule has 2 heterocycles. The lowest BCUT2D eigenvalue weighted by Crippen LogP contribution is -2.44. The summed E-state index contributed by atoms with van der Waals surface area (Å²) in [4.78, 5) is 2.66. The molecule has 3 heteroatoms. The van der Waals surface area contributed by atoms with Crippen molar-refractivity contribution in [1.29, 1.82) is 0 Å². The van der Waals surface area contributed by atoms with Crippen LogP contribution in [0.3, 0.4) is 0 Å². The summed E-state index contributed by atoms with van der Waals surface area (Å²) in [7, 11) is 0. The number of nitrogens with one attached hydrogen (secondary N) is 1. The fourth-order valence-electron chi connectivity index (χ4n) is 3.72. The number of halogens is 1. The van der Waals surface area contributed by atoms with E-state index in [1.54, 1.807) is 0 Å². The molecule has 0 aromatic heterocycles. The van der Waals surface area contributed by atoms with Gasteiger partial charge >= 0.3 is 0 Å². The molecule has 2 fully saturated rings. The summed E-state index contributed by atoms with van der Waals surface area (Å²) < 4.78 is 0. The molecule has 1 N–H and O–H groups in total. The molecule has 2 saturated heterocycles. The van der Waals surface area contributed by atoms with Crippen molar-refractivity contribution in [2.24, 2.45) is 0 Å². The summed E-state index contributed by atoms with van der Waals surface area (Å²) in [5.41, 5.74) is 1.33. The van der Waals surface area contributed by atoms with E-state index in [-0.39, 0.29) is 0 Å². The van der Waals surface area contributed by atoms with Crippen molar-refractivity contribution in [3.8, 4) is 0 Å². The molecule has 0 spiro atoms. The number of fused-ring (bicyclic) bond motifs is 1. The predicted octanol–water partition coefficient (Wildman–Crippen LogP) is 3.10. The molecule has 3 atom stereocenters. The smallest absolute Gasteiger partial charge is 0.0408 e. The Morgan fingerprint density at radius 1 is 1.37 bits per heavy atom. The first-order valence-electron chi connectivity index (χ1n) is 7.47. The standard InChI is InChI=1S/C16H23ClN2/c1-12(10-13-4-2-5-14(17)11-13)18-15-7-9-19-8-3-6-16(15)19/h2,4-5,11-12,15-16,18H,3,6-10H2,1H3. The van der Waals surface area contributed by atoms with Crippen LogP contribution in [0, 0.1) is 0 Å². The molecule has 2 aliphatic rings. The van der Waals surface area contributed by atoms with Gasteiger partial charge in [0.25, 0.3) is 0 Å². The van der Waals surface area contributed by atoms with Crippen LogP contribution in [0.4, 0.5) is 0 Å². The Morgan fingerprint density at radius 3 is 3.11 bits per heavy atom. The van der Waals surface area contributed by atoms with Gasteiger partial charge in [0.1, 0.15) is 0 Å². The Bertz CT molecular complexity index is 435. The van der Waals surface area contributed by atoms with Crippen molar-refractivity contribution >= 4 is 11.6 Å². The molecule has 3 rings (SSSR count). The highest BCUT2D eigenvalue weighted by atomic mass is 35.5. The minimum atomic E-state index is 0.518. The van der Waals surface area contributed by atoms with E-state index in [0.29, 0.717) is 12.1 Å². The third-order valence-corrected chi connectivity index (χ3v) is 4.77. The minimum Gasteiger partial charge on any atom is -0.310 e. The Kier molecular flexibility index (Phi) is 4.11. The Balaban J connectivity index is 1.55. The van der Waals surface area contributed by atoms with Crippen molar-refractivity contribution in [2.75, 3.05) is 13.1 Å². The first kappa shape index (κ1) is 13.4. The van der Waals surface area contributed by atoms with Crippen molar-refractivity contribution in [2.45, 2.75) is 50.7 Å². The van der Waals surface area contributed by atoms with Gasteiger partial charge in [-0.2, -0.15) is 0 Å². The molecule has 1 aromatic rings. The molecule has 3 unspecified atom stereocenters. The van der Waals surface area contributed by atoms with Gasteiger partial charge in [0, 0.05) is 29.7 Å². The number of benzene rings is 1. The maximum absolute atomic E-state index is 6.04. The molecule has 0 bridgehead atoms. The van der Waals surface area contributed by atoms with Gasteiger partial charge in [-0.3, -0.25) is 4.90 Å². The SMILES string of the molecule is CC(Cc1cccc(Cl)c1)NC1CCN2CCCC12. The van der Waals surface area contributed by atoms with Gasteiger partial charge in [0.05, 0.1) is 0 Å². The Labute approximate surface area is 121 Å². The number of nitrogens with zero attached hydrogens (tertiary/aromatic N) is 1. The van der Waals surface area contributed by atoms with Crippen LogP contribution in [0.2, 0.25) is 5.02 Å². The van der Waals surface area contributed by atoms with E-state index in [4.69, 9.17) is 11.6 Å².